The average Bonchev–Trinajstić information content (AvgIpc) is 3.53. The van der Waals surface area contributed by atoms with E-state index < -0.39 is 6.03 Å². The summed E-state index contributed by atoms with van der Waals surface area (Å²) >= 11 is 0. The molecule has 0 bridgehead atoms. The van der Waals surface area contributed by atoms with Crippen LogP contribution in [-0.4, -0.2) is 102 Å². The lowest BCUT2D eigenvalue weighted by molar-refractivity contribution is -0.138. The second kappa shape index (κ2) is 10.9. The van der Waals surface area contributed by atoms with E-state index in [1.165, 1.54) is 5.01 Å². The number of ketones is 1. The van der Waals surface area contributed by atoms with Crippen molar-refractivity contribution in [1.82, 2.24) is 25.0 Å². The third-order valence-electron chi connectivity index (χ3n) is 9.24. The SMILES string of the molecule is CN(C)C1CCC(C(=O)N2CCC(c3[nH]nc4c3C(=O)c3c-4cccc3N(C(N)=O)N3CCOCC3)CC2)CC1. The fourth-order valence-corrected chi connectivity index (χ4v) is 7.00. The van der Waals surface area contributed by atoms with Crippen molar-refractivity contribution in [2.24, 2.45) is 11.7 Å². The molecule has 3 amide bonds. The van der Waals surface area contributed by atoms with Crippen LogP contribution in [0.3, 0.4) is 0 Å². The van der Waals surface area contributed by atoms with Gasteiger partial charge in [-0.3, -0.25) is 14.7 Å². The lowest BCUT2D eigenvalue weighted by Crippen LogP contribution is -2.54. The van der Waals surface area contributed by atoms with Gasteiger partial charge in [0.1, 0.15) is 5.69 Å². The summed E-state index contributed by atoms with van der Waals surface area (Å²) in [4.78, 5) is 44.1. The number of aromatic amines is 1. The van der Waals surface area contributed by atoms with Crippen molar-refractivity contribution in [2.75, 3.05) is 58.5 Å². The first-order chi connectivity index (χ1) is 19.3. The highest BCUT2D eigenvalue weighted by Crippen LogP contribution is 2.44. The molecule has 2 aliphatic heterocycles. The largest absolute Gasteiger partial charge is 0.379 e. The van der Waals surface area contributed by atoms with Crippen LogP contribution in [0.25, 0.3) is 11.3 Å². The molecule has 3 N–H and O–H groups in total. The van der Waals surface area contributed by atoms with E-state index >= 15 is 0 Å². The number of morpholine rings is 1. The first-order valence-corrected chi connectivity index (χ1v) is 14.5. The van der Waals surface area contributed by atoms with Crippen molar-refractivity contribution in [3.05, 3.63) is 35.0 Å². The molecule has 3 fully saturated rings. The van der Waals surface area contributed by atoms with E-state index in [0.29, 0.717) is 73.5 Å². The highest BCUT2D eigenvalue weighted by molar-refractivity contribution is 6.25. The number of rotatable bonds is 5. The number of fused-ring (bicyclic) bond motifs is 3. The van der Waals surface area contributed by atoms with Crippen LogP contribution in [0.5, 0.6) is 0 Å². The van der Waals surface area contributed by atoms with E-state index in [2.05, 4.69) is 29.2 Å². The molecule has 2 aliphatic carbocycles. The number of carbonyl (C=O) groups excluding carboxylic acids is 3. The molecule has 1 aromatic carbocycles. The number of nitrogens with zero attached hydrogens (tertiary/aromatic N) is 5. The molecule has 214 valence electrons. The van der Waals surface area contributed by atoms with Crippen molar-refractivity contribution in [3.8, 4) is 11.3 Å². The van der Waals surface area contributed by atoms with E-state index in [-0.39, 0.29) is 23.5 Å². The minimum atomic E-state index is -0.637. The number of likely N-dealkylation sites (tertiary alicyclic amines) is 1. The Hall–Kier alpha value is -3.28. The Morgan fingerprint density at radius 2 is 1.70 bits per heavy atom. The minimum Gasteiger partial charge on any atom is -0.379 e. The number of anilines is 1. The second-order valence-electron chi connectivity index (χ2n) is 11.7. The topological polar surface area (TPSA) is 128 Å². The molecule has 6 rings (SSSR count). The third-order valence-corrected chi connectivity index (χ3v) is 9.24. The summed E-state index contributed by atoms with van der Waals surface area (Å²) in [5.74, 6) is 0.379. The predicted molar refractivity (Wildman–Crippen MR) is 150 cm³/mol. The van der Waals surface area contributed by atoms with Crippen molar-refractivity contribution < 1.29 is 19.1 Å². The summed E-state index contributed by atoms with van der Waals surface area (Å²) in [5, 5.41) is 11.0. The standard InChI is InChI=1S/C29H39N7O4/c1-33(2)20-8-6-19(7-9-20)28(38)34-12-10-18(11-13-34)25-24-26(32-31-25)21-4-3-5-22(23(21)27(24)37)36(29(30)39)35-14-16-40-17-15-35/h3-5,18-20H,6-17H2,1-2H3,(H2,30,39)(H,31,32). The zero-order valence-electron chi connectivity index (χ0n) is 23.4. The quantitative estimate of drug-likeness (QED) is 0.501. The van der Waals surface area contributed by atoms with Gasteiger partial charge in [-0.1, -0.05) is 12.1 Å². The van der Waals surface area contributed by atoms with Gasteiger partial charge in [0.05, 0.1) is 35.7 Å². The average molecular weight is 550 g/mol. The summed E-state index contributed by atoms with van der Waals surface area (Å²) in [6.45, 7) is 3.35. The van der Waals surface area contributed by atoms with Crippen LogP contribution in [0.2, 0.25) is 0 Å². The lowest BCUT2D eigenvalue weighted by atomic mass is 9.83. The monoisotopic (exact) mass is 549 g/mol. The van der Waals surface area contributed by atoms with Gasteiger partial charge in [0.2, 0.25) is 5.91 Å². The molecule has 4 aliphatic rings. The molecule has 0 atom stereocenters. The van der Waals surface area contributed by atoms with Crippen molar-refractivity contribution in [1.29, 1.82) is 0 Å². The minimum absolute atomic E-state index is 0.109. The van der Waals surface area contributed by atoms with Crippen LogP contribution >= 0.6 is 0 Å². The number of ether oxygens (including phenoxy) is 1. The smallest absolute Gasteiger partial charge is 0.334 e. The van der Waals surface area contributed by atoms with Gasteiger partial charge in [-0.2, -0.15) is 5.10 Å². The molecule has 3 heterocycles. The van der Waals surface area contributed by atoms with Gasteiger partial charge >= 0.3 is 6.03 Å². The van der Waals surface area contributed by atoms with Gasteiger partial charge in [-0.25, -0.2) is 14.8 Å². The number of urea groups is 1. The Kier molecular flexibility index (Phi) is 7.37. The lowest BCUT2D eigenvalue weighted by Gasteiger charge is -2.37. The molecule has 2 aromatic rings. The molecule has 0 radical (unpaired) electrons. The Morgan fingerprint density at radius 3 is 2.35 bits per heavy atom. The van der Waals surface area contributed by atoms with Gasteiger partial charge in [0.25, 0.3) is 0 Å². The number of hydrogen-bond acceptors (Lipinski definition) is 7. The molecular weight excluding hydrogens is 510 g/mol. The van der Waals surface area contributed by atoms with Gasteiger partial charge < -0.3 is 20.3 Å². The zero-order chi connectivity index (χ0) is 28.0. The van der Waals surface area contributed by atoms with E-state index in [0.717, 1.165) is 44.2 Å². The summed E-state index contributed by atoms with van der Waals surface area (Å²) in [6, 6.07) is 5.41. The van der Waals surface area contributed by atoms with Crippen LogP contribution in [0, 0.1) is 5.92 Å². The predicted octanol–water partition coefficient (Wildman–Crippen LogP) is 2.58. The maximum atomic E-state index is 13.9. The summed E-state index contributed by atoms with van der Waals surface area (Å²) in [6.07, 6.45) is 5.62. The van der Waals surface area contributed by atoms with E-state index in [1.807, 2.05) is 22.0 Å². The first kappa shape index (κ1) is 26.9. The van der Waals surface area contributed by atoms with E-state index in [4.69, 9.17) is 10.5 Å². The van der Waals surface area contributed by atoms with Gasteiger partial charge in [0.15, 0.2) is 5.78 Å². The number of amides is 3. The number of nitrogens with one attached hydrogen (secondary N) is 1. The fourth-order valence-electron chi connectivity index (χ4n) is 7.00. The number of nitrogens with two attached hydrogens (primary N) is 1. The summed E-state index contributed by atoms with van der Waals surface area (Å²) in [7, 11) is 4.23. The van der Waals surface area contributed by atoms with Crippen molar-refractivity contribution >= 4 is 23.4 Å². The third kappa shape index (κ3) is 4.69. The van der Waals surface area contributed by atoms with Crippen molar-refractivity contribution in [3.63, 3.8) is 0 Å². The summed E-state index contributed by atoms with van der Waals surface area (Å²) < 4.78 is 5.44. The highest BCUT2D eigenvalue weighted by Gasteiger charge is 2.40. The molecule has 1 aromatic heterocycles. The molecule has 11 nitrogen and oxygen atoms in total. The molecule has 0 unspecified atom stereocenters. The van der Waals surface area contributed by atoms with Crippen LogP contribution < -0.4 is 10.7 Å². The Balaban J connectivity index is 1.17. The summed E-state index contributed by atoms with van der Waals surface area (Å²) in [5.41, 5.74) is 9.50. The van der Waals surface area contributed by atoms with Crippen LogP contribution in [0.1, 0.15) is 66.1 Å². The molecule has 40 heavy (non-hydrogen) atoms. The highest BCUT2D eigenvalue weighted by atomic mass is 16.5. The second-order valence-corrected chi connectivity index (χ2v) is 11.7. The van der Waals surface area contributed by atoms with Crippen LogP contribution in [-0.2, 0) is 9.53 Å². The molecule has 2 saturated heterocycles. The Bertz CT molecular complexity index is 1290. The number of hydrazine groups is 1. The number of H-pyrrole nitrogens is 1. The van der Waals surface area contributed by atoms with Crippen LogP contribution in [0.15, 0.2) is 18.2 Å². The molecular formula is C29H39N7O4. The number of carbonyl (C=O) groups is 3. The van der Waals surface area contributed by atoms with E-state index in [1.54, 1.807) is 6.07 Å². The maximum absolute atomic E-state index is 13.9. The molecule has 1 saturated carbocycles. The maximum Gasteiger partial charge on any atom is 0.334 e. The number of piperidine rings is 1. The fraction of sp³-hybridized carbons (Fsp3) is 0.586. The van der Waals surface area contributed by atoms with Crippen molar-refractivity contribution in [2.45, 2.75) is 50.5 Å². The normalized spacial score (nSPS) is 23.8. The van der Waals surface area contributed by atoms with Gasteiger partial charge in [-0.15, -0.1) is 0 Å². The van der Waals surface area contributed by atoms with E-state index in [9.17, 15) is 14.4 Å². The Labute approximate surface area is 234 Å². The Morgan fingerprint density at radius 1 is 1.00 bits per heavy atom. The number of aromatic nitrogens is 2. The molecule has 0 spiro atoms. The number of benzene rings is 1. The van der Waals surface area contributed by atoms with Gasteiger partial charge in [0, 0.05) is 49.6 Å². The zero-order valence-corrected chi connectivity index (χ0v) is 23.4. The number of hydrogen-bond donors (Lipinski definition) is 2. The first-order valence-electron chi connectivity index (χ1n) is 14.5. The number of primary amides is 1. The van der Waals surface area contributed by atoms with Crippen LogP contribution in [0.4, 0.5) is 10.5 Å². The van der Waals surface area contributed by atoms with Gasteiger partial charge in [-0.05, 0) is 58.7 Å². The molecule has 11 heteroatoms.